The van der Waals surface area contributed by atoms with Gasteiger partial charge in [-0.25, -0.2) is 0 Å². The Bertz CT molecular complexity index is 391. The van der Waals surface area contributed by atoms with Crippen LogP contribution in [0.3, 0.4) is 0 Å². The minimum absolute atomic E-state index is 0.120. The number of nitrogens with one attached hydrogen (secondary N) is 2. The molecule has 1 aliphatic heterocycles. The highest BCUT2D eigenvalue weighted by Gasteiger charge is 2.42. The van der Waals surface area contributed by atoms with Crippen LogP contribution in [0.5, 0.6) is 0 Å². The first-order valence-corrected chi connectivity index (χ1v) is 7.26. The summed E-state index contributed by atoms with van der Waals surface area (Å²) >= 11 is 0. The van der Waals surface area contributed by atoms with Gasteiger partial charge in [0.2, 0.25) is 5.91 Å². The van der Waals surface area contributed by atoms with Gasteiger partial charge in [-0.05, 0) is 32.7 Å². The maximum absolute atomic E-state index is 11.9. The van der Waals surface area contributed by atoms with Crippen LogP contribution in [-0.2, 0) is 9.53 Å². The highest BCUT2D eigenvalue weighted by atomic mass is 16.5. The molecule has 112 valence electrons. The van der Waals surface area contributed by atoms with E-state index in [-0.39, 0.29) is 18.6 Å². The molecule has 1 saturated carbocycles. The molecule has 0 aromatic carbocycles. The molecule has 0 aromatic heterocycles. The van der Waals surface area contributed by atoms with Crippen LogP contribution in [-0.4, -0.2) is 62.3 Å². The van der Waals surface area contributed by atoms with Gasteiger partial charge >= 0.3 is 0 Å². The lowest BCUT2D eigenvalue weighted by Gasteiger charge is -2.30. The lowest BCUT2D eigenvalue weighted by Crippen LogP contribution is -2.51. The summed E-state index contributed by atoms with van der Waals surface area (Å²) in [7, 11) is 2.07. The van der Waals surface area contributed by atoms with Crippen molar-refractivity contribution in [2.75, 3.05) is 39.8 Å². The maximum atomic E-state index is 11.9. The molecule has 0 radical (unpaired) electrons. The Morgan fingerprint density at radius 1 is 1.55 bits per heavy atom. The number of likely N-dealkylation sites (N-methyl/N-ethyl adjacent to an activating group) is 1. The lowest BCUT2D eigenvalue weighted by atomic mass is 9.98. The second-order valence-corrected chi connectivity index (χ2v) is 6.02. The molecule has 0 spiro atoms. The molecule has 0 aromatic rings. The Balaban J connectivity index is 1.66. The molecule has 2 aliphatic rings. The Hall–Kier alpha value is -1.16. The Morgan fingerprint density at radius 2 is 2.30 bits per heavy atom. The van der Waals surface area contributed by atoms with Crippen LogP contribution in [0.25, 0.3) is 0 Å². The zero-order valence-corrected chi connectivity index (χ0v) is 12.3. The fourth-order valence-electron chi connectivity index (χ4n) is 2.55. The molecule has 2 rings (SSSR count). The summed E-state index contributed by atoms with van der Waals surface area (Å²) < 4.78 is 5.61. The SMILES string of the molecule is CN1CCOC(CNCC(=O)NC(C)(C#N)C2CC2)C1. The minimum Gasteiger partial charge on any atom is -0.374 e. The summed E-state index contributed by atoms with van der Waals surface area (Å²) in [5.41, 5.74) is -0.708. The molecule has 0 bridgehead atoms. The highest BCUT2D eigenvalue weighted by Crippen LogP contribution is 2.39. The molecule has 1 aliphatic carbocycles. The smallest absolute Gasteiger partial charge is 0.235 e. The first-order chi connectivity index (χ1) is 9.53. The molecule has 2 atom stereocenters. The van der Waals surface area contributed by atoms with Gasteiger partial charge in [0.1, 0.15) is 5.54 Å². The van der Waals surface area contributed by atoms with Crippen LogP contribution >= 0.6 is 0 Å². The average molecular weight is 280 g/mol. The number of hydrogen-bond donors (Lipinski definition) is 2. The van der Waals surface area contributed by atoms with Crippen molar-refractivity contribution in [1.82, 2.24) is 15.5 Å². The largest absolute Gasteiger partial charge is 0.374 e. The standard InChI is InChI=1S/C14H24N4O2/c1-14(10-15,11-3-4-11)17-13(19)8-16-7-12-9-18(2)5-6-20-12/h11-12,16H,3-9H2,1-2H3,(H,17,19). The summed E-state index contributed by atoms with van der Waals surface area (Å²) in [4.78, 5) is 14.1. The third kappa shape index (κ3) is 4.17. The van der Waals surface area contributed by atoms with Crippen molar-refractivity contribution in [3.8, 4) is 6.07 Å². The Labute approximate surface area is 120 Å². The fraction of sp³-hybridized carbons (Fsp3) is 0.857. The van der Waals surface area contributed by atoms with Crippen molar-refractivity contribution in [2.45, 2.75) is 31.4 Å². The fourth-order valence-corrected chi connectivity index (χ4v) is 2.55. The van der Waals surface area contributed by atoms with Gasteiger partial charge < -0.3 is 20.3 Å². The van der Waals surface area contributed by atoms with Gasteiger partial charge in [-0.15, -0.1) is 0 Å². The molecule has 1 amide bonds. The van der Waals surface area contributed by atoms with Gasteiger partial charge in [-0.2, -0.15) is 5.26 Å². The lowest BCUT2D eigenvalue weighted by molar-refractivity contribution is -0.121. The predicted molar refractivity (Wildman–Crippen MR) is 75.0 cm³/mol. The van der Waals surface area contributed by atoms with Crippen molar-refractivity contribution < 1.29 is 9.53 Å². The van der Waals surface area contributed by atoms with Gasteiger partial charge in [0, 0.05) is 19.6 Å². The molecule has 1 saturated heterocycles. The molecule has 2 unspecified atom stereocenters. The van der Waals surface area contributed by atoms with Crippen LogP contribution in [0.4, 0.5) is 0 Å². The van der Waals surface area contributed by atoms with E-state index in [1.165, 1.54) is 0 Å². The maximum Gasteiger partial charge on any atom is 0.235 e. The van der Waals surface area contributed by atoms with Gasteiger partial charge in [0.25, 0.3) is 0 Å². The summed E-state index contributed by atoms with van der Waals surface area (Å²) in [6, 6.07) is 2.23. The molecule has 20 heavy (non-hydrogen) atoms. The highest BCUT2D eigenvalue weighted by molar-refractivity contribution is 5.79. The molecule has 6 nitrogen and oxygen atoms in total. The second kappa shape index (κ2) is 6.53. The normalized spacial score (nSPS) is 26.6. The van der Waals surface area contributed by atoms with Gasteiger partial charge in [0.05, 0.1) is 25.3 Å². The number of morpholine rings is 1. The van der Waals surface area contributed by atoms with E-state index in [0.717, 1.165) is 32.5 Å². The third-order valence-electron chi connectivity index (χ3n) is 4.02. The first-order valence-electron chi connectivity index (χ1n) is 7.26. The molecule has 1 heterocycles. The number of nitrogens with zero attached hydrogens (tertiary/aromatic N) is 2. The predicted octanol–water partition coefficient (Wildman–Crippen LogP) is -0.285. The van der Waals surface area contributed by atoms with Gasteiger partial charge in [-0.3, -0.25) is 4.79 Å². The molecule has 2 fully saturated rings. The number of carbonyl (C=O) groups excluding carboxylic acids is 1. The molecular formula is C14H24N4O2. The number of rotatable bonds is 6. The molecule has 2 N–H and O–H groups in total. The number of ether oxygens (including phenoxy) is 1. The van der Waals surface area contributed by atoms with E-state index in [2.05, 4.69) is 28.7 Å². The number of hydrogen-bond acceptors (Lipinski definition) is 5. The van der Waals surface area contributed by atoms with E-state index in [1.54, 1.807) is 0 Å². The number of amides is 1. The summed E-state index contributed by atoms with van der Waals surface area (Å²) in [6.45, 7) is 5.27. The summed E-state index contributed by atoms with van der Waals surface area (Å²) in [5, 5.41) is 15.1. The van der Waals surface area contributed by atoms with Crippen LogP contribution in [0.2, 0.25) is 0 Å². The van der Waals surface area contributed by atoms with Crippen molar-refractivity contribution in [2.24, 2.45) is 5.92 Å². The molecular weight excluding hydrogens is 256 g/mol. The number of carbonyl (C=O) groups is 1. The first kappa shape index (κ1) is 15.2. The quantitative estimate of drug-likeness (QED) is 0.699. The Kier molecular flexibility index (Phi) is 4.97. The van der Waals surface area contributed by atoms with E-state index in [4.69, 9.17) is 4.74 Å². The zero-order chi connectivity index (χ0) is 14.6. The van der Waals surface area contributed by atoms with Crippen LogP contribution in [0, 0.1) is 17.2 Å². The average Bonchev–Trinajstić information content (AvgIpc) is 3.23. The second-order valence-electron chi connectivity index (χ2n) is 6.02. The Morgan fingerprint density at radius 3 is 2.90 bits per heavy atom. The van der Waals surface area contributed by atoms with Crippen LogP contribution in [0.15, 0.2) is 0 Å². The van der Waals surface area contributed by atoms with E-state index < -0.39 is 5.54 Å². The minimum atomic E-state index is -0.708. The topological polar surface area (TPSA) is 77.4 Å². The van der Waals surface area contributed by atoms with Crippen LogP contribution in [0.1, 0.15) is 19.8 Å². The van der Waals surface area contributed by atoms with E-state index in [1.807, 2.05) is 6.92 Å². The van der Waals surface area contributed by atoms with E-state index >= 15 is 0 Å². The number of nitriles is 1. The van der Waals surface area contributed by atoms with Crippen molar-refractivity contribution in [3.05, 3.63) is 0 Å². The van der Waals surface area contributed by atoms with Crippen molar-refractivity contribution in [1.29, 1.82) is 5.26 Å². The van der Waals surface area contributed by atoms with Crippen molar-refractivity contribution >= 4 is 5.91 Å². The zero-order valence-electron chi connectivity index (χ0n) is 12.3. The molecule has 6 heteroatoms. The van der Waals surface area contributed by atoms with E-state index in [9.17, 15) is 10.1 Å². The van der Waals surface area contributed by atoms with Gasteiger partial charge in [-0.1, -0.05) is 0 Å². The van der Waals surface area contributed by atoms with Gasteiger partial charge in [0.15, 0.2) is 0 Å². The monoisotopic (exact) mass is 280 g/mol. The van der Waals surface area contributed by atoms with Crippen molar-refractivity contribution in [3.63, 3.8) is 0 Å². The summed E-state index contributed by atoms with van der Waals surface area (Å²) in [5.74, 6) is 0.192. The van der Waals surface area contributed by atoms with E-state index in [0.29, 0.717) is 12.5 Å². The summed E-state index contributed by atoms with van der Waals surface area (Å²) in [6.07, 6.45) is 2.19. The van der Waals surface area contributed by atoms with Crippen LogP contribution < -0.4 is 10.6 Å². The third-order valence-corrected chi connectivity index (χ3v) is 4.02.